The highest BCUT2D eigenvalue weighted by molar-refractivity contribution is 7.09. The minimum absolute atomic E-state index is 0.337. The highest BCUT2D eigenvalue weighted by Crippen LogP contribution is 2.22. The lowest BCUT2D eigenvalue weighted by molar-refractivity contribution is 0.521. The van der Waals surface area contributed by atoms with Gasteiger partial charge in [0, 0.05) is 35.8 Å². The summed E-state index contributed by atoms with van der Waals surface area (Å²) in [6.45, 7) is 8.19. The minimum Gasteiger partial charge on any atom is -0.309 e. The fourth-order valence-electron chi connectivity index (χ4n) is 2.16. The van der Waals surface area contributed by atoms with Gasteiger partial charge in [-0.25, -0.2) is 0 Å². The molecule has 0 fully saturated rings. The molecule has 0 saturated heterocycles. The summed E-state index contributed by atoms with van der Waals surface area (Å²) in [7, 11) is 0. The maximum Gasteiger partial charge on any atom is 0.0794 e. The molecule has 0 aliphatic carbocycles. The van der Waals surface area contributed by atoms with Crippen molar-refractivity contribution in [3.05, 3.63) is 34.0 Å². The summed E-state index contributed by atoms with van der Waals surface area (Å²) in [6.07, 6.45) is 2.92. The highest BCUT2D eigenvalue weighted by atomic mass is 32.1. The lowest BCUT2D eigenvalue weighted by atomic mass is 10.1. The maximum atomic E-state index is 4.50. The summed E-state index contributed by atoms with van der Waals surface area (Å²) in [5, 5.41) is 8.02. The Morgan fingerprint density at radius 2 is 2.28 bits per heavy atom. The molecule has 5 heteroatoms. The lowest BCUT2D eigenvalue weighted by Gasteiger charge is -2.16. The zero-order valence-corrected chi connectivity index (χ0v) is 12.0. The average molecular weight is 264 g/mol. The largest absolute Gasteiger partial charge is 0.309 e. The highest BCUT2D eigenvalue weighted by Gasteiger charge is 2.15. The van der Waals surface area contributed by atoms with E-state index in [0.29, 0.717) is 6.04 Å². The summed E-state index contributed by atoms with van der Waals surface area (Å²) < 4.78 is 2.08. The van der Waals surface area contributed by atoms with Gasteiger partial charge in [-0.2, -0.15) is 5.10 Å². The Hall–Kier alpha value is -1.20. The van der Waals surface area contributed by atoms with Crippen LogP contribution in [0.25, 0.3) is 0 Å². The molecule has 1 N–H and O–H groups in total. The summed E-state index contributed by atoms with van der Waals surface area (Å²) in [5.41, 5.74) is 4.27. The van der Waals surface area contributed by atoms with E-state index in [4.69, 9.17) is 0 Å². The van der Waals surface area contributed by atoms with Crippen molar-refractivity contribution >= 4 is 11.3 Å². The van der Waals surface area contributed by atoms with Gasteiger partial charge in [0.05, 0.1) is 11.2 Å². The molecular weight excluding hydrogens is 244 g/mol. The summed E-state index contributed by atoms with van der Waals surface area (Å²) in [4.78, 5) is 5.46. The normalized spacial score (nSPS) is 12.8. The lowest BCUT2D eigenvalue weighted by Crippen LogP contribution is -2.23. The number of likely N-dealkylation sites (N-methyl/N-ethyl adjacent to an activating group) is 1. The van der Waals surface area contributed by atoms with Gasteiger partial charge in [-0.15, -0.1) is 11.3 Å². The third-order valence-corrected chi connectivity index (χ3v) is 3.83. The minimum atomic E-state index is 0.337. The first-order valence-corrected chi connectivity index (χ1v) is 7.27. The van der Waals surface area contributed by atoms with Crippen molar-refractivity contribution < 1.29 is 0 Å². The number of aromatic nitrogens is 3. The molecule has 0 aliphatic rings. The fourth-order valence-corrected chi connectivity index (χ4v) is 2.86. The number of hydrogen-bond acceptors (Lipinski definition) is 4. The van der Waals surface area contributed by atoms with Crippen LogP contribution in [0.1, 0.15) is 36.2 Å². The smallest absolute Gasteiger partial charge is 0.0794 e. The van der Waals surface area contributed by atoms with Crippen molar-refractivity contribution in [3.8, 4) is 0 Å². The van der Waals surface area contributed by atoms with Crippen LogP contribution in [0.15, 0.2) is 17.8 Å². The average Bonchev–Trinajstić information content (AvgIpc) is 2.97. The Balaban J connectivity index is 2.18. The van der Waals surface area contributed by atoms with Crippen LogP contribution in [0.2, 0.25) is 0 Å². The number of rotatable bonds is 6. The number of hydrogen-bond donors (Lipinski definition) is 1. The predicted molar refractivity (Wildman–Crippen MR) is 74.9 cm³/mol. The Labute approximate surface area is 112 Å². The van der Waals surface area contributed by atoms with Crippen molar-refractivity contribution in [1.82, 2.24) is 20.1 Å². The second-order valence-electron chi connectivity index (χ2n) is 4.31. The predicted octanol–water partition coefficient (Wildman–Crippen LogP) is 2.56. The molecule has 0 amide bonds. The van der Waals surface area contributed by atoms with E-state index in [1.807, 2.05) is 18.6 Å². The quantitative estimate of drug-likeness (QED) is 0.872. The molecule has 98 valence electrons. The molecule has 1 atom stereocenters. The summed E-state index contributed by atoms with van der Waals surface area (Å²) >= 11 is 1.71. The van der Waals surface area contributed by atoms with Gasteiger partial charge in [0.2, 0.25) is 0 Å². The van der Waals surface area contributed by atoms with Crippen LogP contribution in [0, 0.1) is 6.92 Å². The second kappa shape index (κ2) is 6.11. The van der Waals surface area contributed by atoms with Gasteiger partial charge in [-0.3, -0.25) is 9.67 Å². The zero-order valence-electron chi connectivity index (χ0n) is 11.2. The number of nitrogens with one attached hydrogen (secondary N) is 1. The molecule has 0 radical (unpaired) electrons. The first-order chi connectivity index (χ1) is 8.74. The molecule has 2 aromatic heterocycles. The molecule has 18 heavy (non-hydrogen) atoms. The van der Waals surface area contributed by atoms with Crippen LogP contribution < -0.4 is 5.32 Å². The molecule has 2 aromatic rings. The van der Waals surface area contributed by atoms with Gasteiger partial charge >= 0.3 is 0 Å². The first kappa shape index (κ1) is 13.2. The SMILES string of the molecule is CCNC(Cc1cc(C)nn1CC)c1cncs1. The molecule has 0 aliphatic heterocycles. The van der Waals surface area contributed by atoms with Gasteiger partial charge in [0.1, 0.15) is 0 Å². The van der Waals surface area contributed by atoms with E-state index in [9.17, 15) is 0 Å². The van der Waals surface area contributed by atoms with Gasteiger partial charge in [-0.1, -0.05) is 6.92 Å². The Morgan fingerprint density at radius 1 is 1.44 bits per heavy atom. The molecular formula is C13H20N4S. The number of thiazole rings is 1. The zero-order chi connectivity index (χ0) is 13.0. The summed E-state index contributed by atoms with van der Waals surface area (Å²) in [5.74, 6) is 0. The van der Waals surface area contributed by atoms with Gasteiger partial charge < -0.3 is 5.32 Å². The van der Waals surface area contributed by atoms with Crippen molar-refractivity contribution in [2.75, 3.05) is 6.54 Å². The fraction of sp³-hybridized carbons (Fsp3) is 0.538. The van der Waals surface area contributed by atoms with Gasteiger partial charge in [0.15, 0.2) is 0 Å². The standard InChI is InChI=1S/C13H20N4S/c1-4-15-12(13-8-14-9-18-13)7-11-6-10(3)16-17(11)5-2/h6,8-9,12,15H,4-5,7H2,1-3H3. The Morgan fingerprint density at radius 3 is 2.89 bits per heavy atom. The van der Waals surface area contributed by atoms with E-state index < -0.39 is 0 Å². The van der Waals surface area contributed by atoms with Crippen molar-refractivity contribution in [1.29, 1.82) is 0 Å². The van der Waals surface area contributed by atoms with E-state index in [1.54, 1.807) is 11.3 Å². The monoisotopic (exact) mass is 264 g/mol. The van der Waals surface area contributed by atoms with Crippen LogP contribution in [-0.2, 0) is 13.0 Å². The molecule has 2 rings (SSSR count). The third kappa shape index (κ3) is 2.97. The van der Waals surface area contributed by atoms with E-state index in [2.05, 4.69) is 40.0 Å². The van der Waals surface area contributed by atoms with Crippen LogP contribution >= 0.6 is 11.3 Å². The van der Waals surface area contributed by atoms with E-state index in [1.165, 1.54) is 10.6 Å². The van der Waals surface area contributed by atoms with Crippen molar-refractivity contribution in [2.24, 2.45) is 0 Å². The summed E-state index contributed by atoms with van der Waals surface area (Å²) in [6, 6.07) is 2.51. The second-order valence-corrected chi connectivity index (χ2v) is 5.23. The molecule has 0 aromatic carbocycles. The van der Waals surface area contributed by atoms with Crippen molar-refractivity contribution in [3.63, 3.8) is 0 Å². The third-order valence-electron chi connectivity index (χ3n) is 2.94. The van der Waals surface area contributed by atoms with Crippen LogP contribution in [0.5, 0.6) is 0 Å². The van der Waals surface area contributed by atoms with Crippen LogP contribution in [-0.4, -0.2) is 21.3 Å². The molecule has 0 bridgehead atoms. The molecule has 2 heterocycles. The van der Waals surface area contributed by atoms with E-state index in [0.717, 1.165) is 25.2 Å². The van der Waals surface area contributed by atoms with E-state index in [-0.39, 0.29) is 0 Å². The Bertz CT molecular complexity index is 475. The maximum absolute atomic E-state index is 4.50. The molecule has 0 saturated carbocycles. The topological polar surface area (TPSA) is 42.7 Å². The number of aryl methyl sites for hydroxylation is 2. The van der Waals surface area contributed by atoms with Gasteiger partial charge in [-0.05, 0) is 26.5 Å². The van der Waals surface area contributed by atoms with Crippen LogP contribution in [0.3, 0.4) is 0 Å². The molecule has 0 spiro atoms. The van der Waals surface area contributed by atoms with Crippen molar-refractivity contribution in [2.45, 2.75) is 39.8 Å². The van der Waals surface area contributed by atoms with Crippen LogP contribution in [0.4, 0.5) is 0 Å². The van der Waals surface area contributed by atoms with Gasteiger partial charge in [0.25, 0.3) is 0 Å². The Kier molecular flexibility index (Phi) is 4.49. The van der Waals surface area contributed by atoms with E-state index >= 15 is 0 Å². The molecule has 1 unspecified atom stereocenters. The first-order valence-electron chi connectivity index (χ1n) is 6.39. The molecule has 4 nitrogen and oxygen atoms in total. The number of nitrogens with zero attached hydrogens (tertiary/aromatic N) is 3.